The lowest BCUT2D eigenvalue weighted by Gasteiger charge is -2.15. The summed E-state index contributed by atoms with van der Waals surface area (Å²) in [6, 6.07) is 22.1. The van der Waals surface area contributed by atoms with Gasteiger partial charge in [0.2, 0.25) is 0 Å². The molecule has 0 aliphatic rings. The Bertz CT molecular complexity index is 1030. The second kappa shape index (κ2) is 10.1. The molecule has 0 bridgehead atoms. The van der Waals surface area contributed by atoms with Crippen LogP contribution in [0.4, 0.5) is 4.79 Å². The molecule has 0 spiro atoms. The molecule has 0 aliphatic carbocycles. The zero-order valence-corrected chi connectivity index (χ0v) is 17.0. The molecule has 30 heavy (non-hydrogen) atoms. The number of hydrogen-bond donors (Lipinski definition) is 1. The van der Waals surface area contributed by atoms with Gasteiger partial charge in [0.25, 0.3) is 0 Å². The lowest BCUT2D eigenvalue weighted by molar-refractivity contribution is 0.102. The van der Waals surface area contributed by atoms with Crippen LogP contribution in [0.2, 0.25) is 0 Å². The molecular weight excluding hydrogens is 380 g/mol. The number of aryl methyl sites for hydroxylation is 1. The van der Waals surface area contributed by atoms with Gasteiger partial charge in [-0.2, -0.15) is 0 Å². The number of oxime groups is 1. The van der Waals surface area contributed by atoms with Crippen LogP contribution in [0.3, 0.4) is 0 Å². The molecule has 0 amide bonds. The minimum atomic E-state index is -0.969. The summed E-state index contributed by atoms with van der Waals surface area (Å²) in [6.45, 7) is 4.58. The molecule has 0 saturated carbocycles. The maximum Gasteiger partial charge on any atom is 0.540 e. The first kappa shape index (κ1) is 20.9. The lowest BCUT2D eigenvalue weighted by atomic mass is 9.96. The van der Waals surface area contributed by atoms with Crippen molar-refractivity contribution in [1.29, 1.82) is 0 Å². The summed E-state index contributed by atoms with van der Waals surface area (Å²) in [5.74, 6) is 1.17. The predicted octanol–water partition coefficient (Wildman–Crippen LogP) is 5.15. The van der Waals surface area contributed by atoms with Crippen molar-refractivity contribution in [3.63, 3.8) is 0 Å². The number of amidine groups is 1. The number of hydrogen-bond acceptors (Lipinski definition) is 5. The highest BCUT2D eigenvalue weighted by molar-refractivity contribution is 6.04. The van der Waals surface area contributed by atoms with E-state index in [2.05, 4.69) is 18.1 Å². The van der Waals surface area contributed by atoms with Gasteiger partial charge in [-0.25, -0.2) is 4.79 Å². The van der Waals surface area contributed by atoms with Gasteiger partial charge in [-0.3, -0.25) is 4.84 Å². The number of carbonyl (C=O) groups excluding carboxylic acids is 1. The Morgan fingerprint density at radius 1 is 0.933 bits per heavy atom. The Morgan fingerprint density at radius 2 is 1.67 bits per heavy atom. The summed E-state index contributed by atoms with van der Waals surface area (Å²) >= 11 is 0. The van der Waals surface area contributed by atoms with Crippen molar-refractivity contribution in [2.45, 2.75) is 20.3 Å². The summed E-state index contributed by atoms with van der Waals surface area (Å²) < 4.78 is 10.9. The van der Waals surface area contributed by atoms with Crippen LogP contribution in [-0.2, 0) is 11.3 Å². The van der Waals surface area contributed by atoms with E-state index in [1.54, 1.807) is 24.3 Å². The van der Waals surface area contributed by atoms with E-state index in [-0.39, 0.29) is 5.84 Å². The van der Waals surface area contributed by atoms with E-state index < -0.39 is 6.16 Å². The van der Waals surface area contributed by atoms with Crippen LogP contribution < -0.4 is 15.2 Å². The fourth-order valence-electron chi connectivity index (χ4n) is 2.96. The van der Waals surface area contributed by atoms with Crippen molar-refractivity contribution in [3.05, 3.63) is 83.9 Å². The molecule has 3 aromatic carbocycles. The molecule has 3 rings (SSSR count). The summed E-state index contributed by atoms with van der Waals surface area (Å²) in [7, 11) is 0. The highest BCUT2D eigenvalue weighted by atomic mass is 16.8. The standard InChI is InChI=1S/C24H24N2O4/c1-3-17-14-15-20(22(16-17)28-4-2)19-12-8-9-13-21(19)23(25)26-30-24(27)29-18-10-6-5-7-11-18/h5-16H,3-4H2,1-2H3,(H2,25,26). The average molecular weight is 404 g/mol. The Hall–Kier alpha value is -3.80. The van der Waals surface area contributed by atoms with Gasteiger partial charge in [0.1, 0.15) is 11.5 Å². The number of carbonyl (C=O) groups is 1. The van der Waals surface area contributed by atoms with Crippen LogP contribution in [0.25, 0.3) is 11.1 Å². The quantitative estimate of drug-likeness (QED) is 0.147. The summed E-state index contributed by atoms with van der Waals surface area (Å²) in [4.78, 5) is 16.7. The Morgan fingerprint density at radius 3 is 2.40 bits per heavy atom. The van der Waals surface area contributed by atoms with Crippen molar-refractivity contribution in [2.75, 3.05) is 6.61 Å². The molecule has 154 valence electrons. The van der Waals surface area contributed by atoms with Crippen LogP contribution in [0.1, 0.15) is 25.0 Å². The van der Waals surface area contributed by atoms with E-state index in [0.29, 0.717) is 17.9 Å². The van der Waals surface area contributed by atoms with Crippen molar-refractivity contribution in [1.82, 2.24) is 0 Å². The maximum absolute atomic E-state index is 11.9. The molecule has 0 atom stereocenters. The van der Waals surface area contributed by atoms with Crippen LogP contribution in [0, 0.1) is 0 Å². The van der Waals surface area contributed by atoms with Gasteiger partial charge in [-0.1, -0.05) is 66.7 Å². The fourth-order valence-corrected chi connectivity index (χ4v) is 2.96. The van der Waals surface area contributed by atoms with Gasteiger partial charge < -0.3 is 15.2 Å². The van der Waals surface area contributed by atoms with Crippen LogP contribution in [0.15, 0.2) is 78.0 Å². The van der Waals surface area contributed by atoms with Crippen molar-refractivity contribution in [2.24, 2.45) is 10.9 Å². The van der Waals surface area contributed by atoms with E-state index in [1.807, 2.05) is 49.4 Å². The minimum Gasteiger partial charge on any atom is -0.493 e. The number of benzene rings is 3. The smallest absolute Gasteiger partial charge is 0.493 e. The zero-order chi connectivity index (χ0) is 21.3. The SMILES string of the molecule is CCOc1cc(CC)ccc1-c1ccccc1C(N)=NOC(=O)Oc1ccccc1. The van der Waals surface area contributed by atoms with Crippen LogP contribution >= 0.6 is 0 Å². The molecule has 2 N–H and O–H groups in total. The van der Waals surface area contributed by atoms with E-state index in [0.717, 1.165) is 23.3 Å². The first-order valence-electron chi connectivity index (χ1n) is 9.75. The number of para-hydroxylation sites is 1. The number of nitrogens with two attached hydrogens (primary N) is 1. The number of ether oxygens (including phenoxy) is 2. The van der Waals surface area contributed by atoms with Gasteiger partial charge in [0, 0.05) is 11.1 Å². The molecule has 6 heteroatoms. The Labute approximate surface area is 175 Å². The molecular formula is C24H24N2O4. The van der Waals surface area contributed by atoms with Gasteiger partial charge in [-0.05, 0) is 42.7 Å². The molecule has 3 aromatic rings. The van der Waals surface area contributed by atoms with Gasteiger partial charge in [0.15, 0.2) is 5.84 Å². The third-order valence-electron chi connectivity index (χ3n) is 4.41. The van der Waals surface area contributed by atoms with Gasteiger partial charge >= 0.3 is 6.16 Å². The molecule has 0 aromatic heterocycles. The average Bonchev–Trinajstić information content (AvgIpc) is 2.78. The van der Waals surface area contributed by atoms with E-state index in [1.165, 1.54) is 5.56 Å². The first-order chi connectivity index (χ1) is 14.6. The largest absolute Gasteiger partial charge is 0.540 e. The summed E-state index contributed by atoms with van der Waals surface area (Å²) in [5.41, 5.74) is 9.63. The Kier molecular flexibility index (Phi) is 7.05. The number of rotatable bonds is 7. The van der Waals surface area contributed by atoms with E-state index in [4.69, 9.17) is 20.0 Å². The predicted molar refractivity (Wildman–Crippen MR) is 117 cm³/mol. The lowest BCUT2D eigenvalue weighted by Crippen LogP contribution is -2.17. The van der Waals surface area contributed by atoms with Crippen molar-refractivity contribution >= 4 is 12.0 Å². The molecule has 0 heterocycles. The highest BCUT2D eigenvalue weighted by Crippen LogP contribution is 2.33. The molecule has 6 nitrogen and oxygen atoms in total. The Balaban J connectivity index is 1.86. The van der Waals surface area contributed by atoms with E-state index in [9.17, 15) is 4.79 Å². The molecule has 0 saturated heterocycles. The highest BCUT2D eigenvalue weighted by Gasteiger charge is 2.15. The molecule has 0 radical (unpaired) electrons. The molecule has 0 aliphatic heterocycles. The van der Waals surface area contributed by atoms with E-state index >= 15 is 0 Å². The fraction of sp³-hybridized carbons (Fsp3) is 0.167. The zero-order valence-electron chi connectivity index (χ0n) is 17.0. The monoisotopic (exact) mass is 404 g/mol. The third kappa shape index (κ3) is 5.17. The van der Waals surface area contributed by atoms with Crippen LogP contribution in [-0.4, -0.2) is 18.6 Å². The molecule has 0 fully saturated rings. The number of nitrogens with zero attached hydrogens (tertiary/aromatic N) is 1. The van der Waals surface area contributed by atoms with Crippen LogP contribution in [0.5, 0.6) is 11.5 Å². The second-order valence-corrected chi connectivity index (χ2v) is 6.40. The minimum absolute atomic E-state index is 0.0534. The topological polar surface area (TPSA) is 83.1 Å². The second-order valence-electron chi connectivity index (χ2n) is 6.40. The van der Waals surface area contributed by atoms with Gasteiger partial charge in [-0.15, -0.1) is 0 Å². The maximum atomic E-state index is 11.9. The first-order valence-corrected chi connectivity index (χ1v) is 9.75. The third-order valence-corrected chi connectivity index (χ3v) is 4.41. The van der Waals surface area contributed by atoms with Crippen molar-refractivity contribution < 1.29 is 19.1 Å². The summed E-state index contributed by atoms with van der Waals surface area (Å²) in [5, 5.41) is 3.77. The normalized spacial score (nSPS) is 11.1. The van der Waals surface area contributed by atoms with Crippen molar-refractivity contribution in [3.8, 4) is 22.6 Å². The molecule has 0 unspecified atom stereocenters. The van der Waals surface area contributed by atoms with Gasteiger partial charge in [0.05, 0.1) is 6.61 Å². The summed E-state index contributed by atoms with van der Waals surface area (Å²) in [6.07, 6.45) is -0.0629.